The van der Waals surface area contributed by atoms with Crippen molar-refractivity contribution in [2.45, 2.75) is 19.4 Å². The third-order valence-electron chi connectivity index (χ3n) is 5.43. The molecule has 0 aliphatic carbocycles. The largest absolute Gasteiger partial charge is 0.342 e. The van der Waals surface area contributed by atoms with Crippen LogP contribution in [-0.2, 0) is 16.1 Å². The molecule has 2 heterocycles. The average molecular weight is 376 g/mol. The molecular weight excluding hydrogens is 347 g/mol. The summed E-state index contributed by atoms with van der Waals surface area (Å²) < 4.78 is 13.7. The normalized spacial score (nSPS) is 18.7. The molecule has 0 radical (unpaired) electrons. The number of likely N-dealkylation sites (tertiary alicyclic amines) is 1. The van der Waals surface area contributed by atoms with E-state index in [1.165, 1.54) is 6.07 Å². The maximum Gasteiger partial charge on any atom is 0.236 e. The molecule has 0 unspecified atom stereocenters. The summed E-state index contributed by atoms with van der Waals surface area (Å²) in [5, 5.41) is 0. The van der Waals surface area contributed by atoms with Crippen LogP contribution in [0.1, 0.15) is 18.4 Å². The van der Waals surface area contributed by atoms with Crippen LogP contribution in [0.4, 0.5) is 4.39 Å². The van der Waals surface area contributed by atoms with Gasteiger partial charge in [0.15, 0.2) is 0 Å². The Bertz CT molecular complexity index is 655. The first kappa shape index (κ1) is 19.8. The van der Waals surface area contributed by atoms with Gasteiger partial charge in [0.2, 0.25) is 11.8 Å². The standard InChI is InChI=1S/C20H29FN4O2/c1-22(14-17-6-2-3-7-18(17)21)19(26)15-23-10-12-24(13-11-23)16-20(27)25-8-4-5-9-25/h2-3,6-7H,4-5,8-16H2,1H3. The SMILES string of the molecule is CN(Cc1ccccc1F)C(=O)CN1CCN(CC(=O)N2CCCC2)CC1. The predicted octanol–water partition coefficient (Wildman–Crippen LogP) is 1.02. The second-order valence-electron chi connectivity index (χ2n) is 7.48. The Kier molecular flexibility index (Phi) is 6.79. The summed E-state index contributed by atoms with van der Waals surface area (Å²) in [5.74, 6) is -0.0741. The van der Waals surface area contributed by atoms with Gasteiger partial charge in [-0.2, -0.15) is 0 Å². The Labute approximate surface area is 160 Å². The topological polar surface area (TPSA) is 47.1 Å². The Hall–Kier alpha value is -1.99. The minimum atomic E-state index is -0.284. The summed E-state index contributed by atoms with van der Waals surface area (Å²) >= 11 is 0. The summed E-state index contributed by atoms with van der Waals surface area (Å²) in [7, 11) is 1.71. The molecule has 3 rings (SSSR count). The first-order valence-electron chi connectivity index (χ1n) is 9.73. The average Bonchev–Trinajstić information content (AvgIpc) is 3.20. The highest BCUT2D eigenvalue weighted by Crippen LogP contribution is 2.11. The van der Waals surface area contributed by atoms with Crippen molar-refractivity contribution in [3.63, 3.8) is 0 Å². The molecule has 1 aromatic rings. The Balaban J connectivity index is 1.40. The molecule has 0 saturated carbocycles. The number of carbonyl (C=O) groups is 2. The molecule has 2 amide bonds. The molecule has 0 bridgehead atoms. The van der Waals surface area contributed by atoms with Gasteiger partial charge in [-0.25, -0.2) is 4.39 Å². The summed E-state index contributed by atoms with van der Waals surface area (Å²) in [6.07, 6.45) is 2.23. The van der Waals surface area contributed by atoms with E-state index in [4.69, 9.17) is 0 Å². The second-order valence-corrected chi connectivity index (χ2v) is 7.48. The van der Waals surface area contributed by atoms with Crippen molar-refractivity contribution in [2.75, 3.05) is 59.4 Å². The molecule has 0 atom stereocenters. The number of rotatable bonds is 6. The van der Waals surface area contributed by atoms with Crippen molar-refractivity contribution < 1.29 is 14.0 Å². The number of piperazine rings is 1. The molecule has 2 aliphatic rings. The van der Waals surface area contributed by atoms with E-state index >= 15 is 0 Å². The molecular formula is C20H29FN4O2. The maximum atomic E-state index is 13.7. The number of nitrogens with zero attached hydrogens (tertiary/aromatic N) is 4. The maximum absolute atomic E-state index is 13.7. The highest BCUT2D eigenvalue weighted by molar-refractivity contribution is 5.79. The van der Waals surface area contributed by atoms with Gasteiger partial charge in [-0.1, -0.05) is 18.2 Å². The molecule has 0 N–H and O–H groups in total. The minimum Gasteiger partial charge on any atom is -0.342 e. The monoisotopic (exact) mass is 376 g/mol. The molecule has 2 aliphatic heterocycles. The number of halogens is 1. The van der Waals surface area contributed by atoms with Gasteiger partial charge < -0.3 is 9.80 Å². The number of amides is 2. The van der Waals surface area contributed by atoms with Crippen molar-refractivity contribution in [3.8, 4) is 0 Å². The first-order chi connectivity index (χ1) is 13.0. The van der Waals surface area contributed by atoms with E-state index < -0.39 is 0 Å². The van der Waals surface area contributed by atoms with Crippen molar-refractivity contribution in [1.29, 1.82) is 0 Å². The van der Waals surface area contributed by atoms with Crippen molar-refractivity contribution in [1.82, 2.24) is 19.6 Å². The van der Waals surface area contributed by atoms with Gasteiger partial charge in [-0.05, 0) is 18.9 Å². The summed E-state index contributed by atoms with van der Waals surface area (Å²) in [5.41, 5.74) is 0.526. The zero-order valence-corrected chi connectivity index (χ0v) is 16.1. The Morgan fingerprint density at radius 3 is 2.19 bits per heavy atom. The van der Waals surface area contributed by atoms with Gasteiger partial charge >= 0.3 is 0 Å². The van der Waals surface area contributed by atoms with Crippen LogP contribution < -0.4 is 0 Å². The third-order valence-corrected chi connectivity index (χ3v) is 5.43. The van der Waals surface area contributed by atoms with E-state index in [1.807, 2.05) is 4.90 Å². The van der Waals surface area contributed by atoms with Gasteiger partial charge in [0.1, 0.15) is 5.82 Å². The predicted molar refractivity (Wildman–Crippen MR) is 102 cm³/mol. The third kappa shape index (κ3) is 5.49. The smallest absolute Gasteiger partial charge is 0.236 e. The van der Waals surface area contributed by atoms with Gasteiger partial charge in [-0.3, -0.25) is 19.4 Å². The van der Waals surface area contributed by atoms with Crippen LogP contribution in [-0.4, -0.2) is 90.8 Å². The van der Waals surface area contributed by atoms with Gasteiger partial charge in [0, 0.05) is 58.4 Å². The molecule has 7 heteroatoms. The molecule has 27 heavy (non-hydrogen) atoms. The zero-order chi connectivity index (χ0) is 19.2. The van der Waals surface area contributed by atoms with Gasteiger partial charge in [-0.15, -0.1) is 0 Å². The molecule has 0 spiro atoms. The number of likely N-dealkylation sites (N-methyl/N-ethyl adjacent to an activating group) is 1. The zero-order valence-electron chi connectivity index (χ0n) is 16.1. The molecule has 1 aromatic carbocycles. The highest BCUT2D eigenvalue weighted by atomic mass is 19.1. The quantitative estimate of drug-likeness (QED) is 0.744. The lowest BCUT2D eigenvalue weighted by atomic mass is 10.2. The lowest BCUT2D eigenvalue weighted by molar-refractivity contribution is -0.134. The highest BCUT2D eigenvalue weighted by Gasteiger charge is 2.24. The van der Waals surface area contributed by atoms with Gasteiger partial charge in [0.25, 0.3) is 0 Å². The number of carbonyl (C=O) groups excluding carboxylic acids is 2. The summed E-state index contributed by atoms with van der Waals surface area (Å²) in [4.78, 5) is 32.5. The van der Waals surface area contributed by atoms with E-state index in [2.05, 4.69) is 9.80 Å². The van der Waals surface area contributed by atoms with Crippen LogP contribution in [0, 0.1) is 5.82 Å². The molecule has 2 fully saturated rings. The van der Waals surface area contributed by atoms with E-state index in [9.17, 15) is 14.0 Å². The number of benzene rings is 1. The fraction of sp³-hybridized carbons (Fsp3) is 0.600. The van der Waals surface area contributed by atoms with Crippen molar-refractivity contribution in [2.24, 2.45) is 0 Å². The van der Waals surface area contributed by atoms with Crippen LogP contribution in [0.2, 0.25) is 0 Å². The van der Waals surface area contributed by atoms with Crippen LogP contribution in [0.5, 0.6) is 0 Å². The Morgan fingerprint density at radius 2 is 1.56 bits per heavy atom. The molecule has 148 valence electrons. The van der Waals surface area contributed by atoms with Gasteiger partial charge in [0.05, 0.1) is 13.1 Å². The molecule has 6 nitrogen and oxygen atoms in total. The second kappa shape index (κ2) is 9.28. The van der Waals surface area contributed by atoms with E-state index in [0.29, 0.717) is 18.7 Å². The van der Waals surface area contributed by atoms with Crippen LogP contribution >= 0.6 is 0 Å². The lowest BCUT2D eigenvalue weighted by Crippen LogP contribution is -2.51. The Morgan fingerprint density at radius 1 is 0.963 bits per heavy atom. The number of hydrogen-bond donors (Lipinski definition) is 0. The molecule has 2 saturated heterocycles. The van der Waals surface area contributed by atoms with Crippen LogP contribution in [0.25, 0.3) is 0 Å². The summed E-state index contributed by atoms with van der Waals surface area (Å²) in [6.45, 7) is 6.00. The lowest BCUT2D eigenvalue weighted by Gasteiger charge is -2.35. The van der Waals surface area contributed by atoms with E-state index in [0.717, 1.165) is 52.1 Å². The van der Waals surface area contributed by atoms with Crippen LogP contribution in [0.3, 0.4) is 0 Å². The van der Waals surface area contributed by atoms with Crippen molar-refractivity contribution >= 4 is 11.8 Å². The fourth-order valence-corrected chi connectivity index (χ4v) is 3.65. The number of hydrogen-bond acceptors (Lipinski definition) is 4. The van der Waals surface area contributed by atoms with Crippen molar-refractivity contribution in [3.05, 3.63) is 35.6 Å². The van der Waals surface area contributed by atoms with E-state index in [1.54, 1.807) is 30.1 Å². The minimum absolute atomic E-state index is 0.0140. The fourth-order valence-electron chi connectivity index (χ4n) is 3.65. The first-order valence-corrected chi connectivity index (χ1v) is 9.73. The van der Waals surface area contributed by atoms with E-state index in [-0.39, 0.29) is 24.2 Å². The summed E-state index contributed by atoms with van der Waals surface area (Å²) in [6, 6.07) is 6.54. The van der Waals surface area contributed by atoms with Crippen LogP contribution in [0.15, 0.2) is 24.3 Å². The molecule has 0 aromatic heterocycles.